The molecule has 0 fully saturated rings. The third kappa shape index (κ3) is 4.69. The Bertz CT molecular complexity index is 602. The summed E-state index contributed by atoms with van der Waals surface area (Å²) in [5.41, 5.74) is 8.02. The van der Waals surface area contributed by atoms with Crippen LogP contribution in [0.25, 0.3) is 0 Å². The maximum atomic E-state index is 5.42. The van der Waals surface area contributed by atoms with E-state index in [1.54, 1.807) is 0 Å². The number of aryl methyl sites for hydroxylation is 3. The topological polar surface area (TPSA) is 21.3 Å². The van der Waals surface area contributed by atoms with Crippen LogP contribution in [0.15, 0.2) is 36.4 Å². The molecule has 0 aromatic heterocycles. The summed E-state index contributed by atoms with van der Waals surface area (Å²) in [6, 6.07) is 13.2. The summed E-state index contributed by atoms with van der Waals surface area (Å²) < 4.78 is 5.42. The van der Waals surface area contributed by atoms with Crippen LogP contribution in [0.2, 0.25) is 0 Å². The molecule has 0 bridgehead atoms. The summed E-state index contributed by atoms with van der Waals surface area (Å²) in [6.45, 7) is 11.8. The predicted molar refractivity (Wildman–Crippen MR) is 93.0 cm³/mol. The quantitative estimate of drug-likeness (QED) is 0.816. The minimum Gasteiger partial charge on any atom is -0.377 e. The van der Waals surface area contributed by atoms with Gasteiger partial charge in [-0.25, -0.2) is 0 Å². The molecule has 2 nitrogen and oxygen atoms in total. The van der Waals surface area contributed by atoms with Crippen LogP contribution in [0.4, 0.5) is 0 Å². The van der Waals surface area contributed by atoms with Gasteiger partial charge < -0.3 is 10.1 Å². The first-order valence-corrected chi connectivity index (χ1v) is 8.03. The molecule has 0 saturated carbocycles. The SMILES string of the molecule is CCOCc1ccc(CNCc2cc(C)c(C)cc2C)cc1. The van der Waals surface area contributed by atoms with E-state index in [0.29, 0.717) is 6.61 Å². The van der Waals surface area contributed by atoms with Gasteiger partial charge in [0, 0.05) is 19.7 Å². The molecule has 22 heavy (non-hydrogen) atoms. The van der Waals surface area contributed by atoms with Crippen LogP contribution in [0, 0.1) is 20.8 Å². The van der Waals surface area contributed by atoms with Crippen molar-refractivity contribution in [2.45, 2.75) is 47.4 Å². The summed E-state index contributed by atoms with van der Waals surface area (Å²) in [7, 11) is 0. The molecule has 0 aliphatic carbocycles. The van der Waals surface area contributed by atoms with Crippen molar-refractivity contribution >= 4 is 0 Å². The molecule has 1 N–H and O–H groups in total. The zero-order valence-electron chi connectivity index (χ0n) is 14.2. The van der Waals surface area contributed by atoms with Crippen molar-refractivity contribution in [1.82, 2.24) is 5.32 Å². The Balaban J connectivity index is 1.87. The fourth-order valence-electron chi connectivity index (χ4n) is 2.53. The summed E-state index contributed by atoms with van der Waals surface area (Å²) in [5.74, 6) is 0. The van der Waals surface area contributed by atoms with Gasteiger partial charge in [-0.3, -0.25) is 0 Å². The molecule has 0 heterocycles. The normalized spacial score (nSPS) is 10.9. The first-order chi connectivity index (χ1) is 10.6. The Kier molecular flexibility index (Phi) is 6.17. The number of hydrogen-bond donors (Lipinski definition) is 1. The van der Waals surface area contributed by atoms with Gasteiger partial charge in [-0.1, -0.05) is 36.4 Å². The van der Waals surface area contributed by atoms with E-state index in [-0.39, 0.29) is 0 Å². The van der Waals surface area contributed by atoms with Crippen molar-refractivity contribution in [3.05, 3.63) is 69.8 Å². The van der Waals surface area contributed by atoms with Gasteiger partial charge in [0.25, 0.3) is 0 Å². The molecule has 0 saturated heterocycles. The molecule has 2 aromatic carbocycles. The molecule has 0 atom stereocenters. The minimum atomic E-state index is 0.700. The Morgan fingerprint density at radius 1 is 0.818 bits per heavy atom. The van der Waals surface area contributed by atoms with E-state index in [0.717, 1.165) is 19.7 Å². The summed E-state index contributed by atoms with van der Waals surface area (Å²) in [5, 5.41) is 3.54. The number of rotatable bonds is 7. The third-order valence-electron chi connectivity index (χ3n) is 4.09. The largest absolute Gasteiger partial charge is 0.377 e. The zero-order valence-corrected chi connectivity index (χ0v) is 14.2. The Morgan fingerprint density at radius 3 is 2.14 bits per heavy atom. The van der Waals surface area contributed by atoms with Crippen LogP contribution >= 0.6 is 0 Å². The summed E-state index contributed by atoms with van der Waals surface area (Å²) in [4.78, 5) is 0. The van der Waals surface area contributed by atoms with E-state index in [1.807, 2.05) is 6.92 Å². The molecule has 0 radical (unpaired) electrons. The third-order valence-corrected chi connectivity index (χ3v) is 4.09. The highest BCUT2D eigenvalue weighted by Gasteiger charge is 2.02. The van der Waals surface area contributed by atoms with Crippen LogP contribution in [0.3, 0.4) is 0 Å². The number of nitrogens with one attached hydrogen (secondary N) is 1. The van der Waals surface area contributed by atoms with E-state index >= 15 is 0 Å². The van der Waals surface area contributed by atoms with Crippen molar-refractivity contribution in [2.24, 2.45) is 0 Å². The second-order valence-electron chi connectivity index (χ2n) is 5.92. The fourth-order valence-corrected chi connectivity index (χ4v) is 2.53. The molecule has 0 amide bonds. The highest BCUT2D eigenvalue weighted by atomic mass is 16.5. The van der Waals surface area contributed by atoms with Crippen molar-refractivity contribution in [3.8, 4) is 0 Å². The van der Waals surface area contributed by atoms with Crippen molar-refractivity contribution in [2.75, 3.05) is 6.61 Å². The van der Waals surface area contributed by atoms with Crippen LogP contribution in [0.1, 0.15) is 40.3 Å². The van der Waals surface area contributed by atoms with E-state index in [9.17, 15) is 0 Å². The number of benzene rings is 2. The lowest BCUT2D eigenvalue weighted by Gasteiger charge is -2.11. The second-order valence-corrected chi connectivity index (χ2v) is 5.92. The van der Waals surface area contributed by atoms with E-state index in [2.05, 4.69) is 62.5 Å². The van der Waals surface area contributed by atoms with Gasteiger partial charge in [-0.2, -0.15) is 0 Å². The predicted octanol–water partition coefficient (Wildman–Crippen LogP) is 4.44. The monoisotopic (exact) mass is 297 g/mol. The van der Waals surface area contributed by atoms with Crippen molar-refractivity contribution < 1.29 is 4.74 Å². The maximum absolute atomic E-state index is 5.42. The summed E-state index contributed by atoms with van der Waals surface area (Å²) in [6.07, 6.45) is 0. The van der Waals surface area contributed by atoms with Crippen LogP contribution in [0.5, 0.6) is 0 Å². The Hall–Kier alpha value is -1.64. The van der Waals surface area contributed by atoms with Crippen LogP contribution in [-0.4, -0.2) is 6.61 Å². The van der Waals surface area contributed by atoms with Crippen molar-refractivity contribution in [3.63, 3.8) is 0 Å². The maximum Gasteiger partial charge on any atom is 0.0716 e. The molecule has 0 aliphatic heterocycles. The molecule has 2 aromatic rings. The first kappa shape index (κ1) is 16.7. The van der Waals surface area contributed by atoms with Crippen LogP contribution in [-0.2, 0) is 24.4 Å². The molecular weight excluding hydrogens is 270 g/mol. The molecule has 2 rings (SSSR count). The number of ether oxygens (including phenoxy) is 1. The smallest absolute Gasteiger partial charge is 0.0716 e. The molecule has 0 unspecified atom stereocenters. The standard InChI is InChI=1S/C20H27NO/c1-5-22-14-19-8-6-18(7-9-19)12-21-13-20-11-16(3)15(2)10-17(20)4/h6-11,21H,5,12-14H2,1-4H3. The average molecular weight is 297 g/mol. The fraction of sp³-hybridized carbons (Fsp3) is 0.400. The lowest BCUT2D eigenvalue weighted by molar-refractivity contribution is 0.134. The van der Waals surface area contributed by atoms with Gasteiger partial charge in [0.05, 0.1) is 6.61 Å². The molecule has 0 aliphatic rings. The lowest BCUT2D eigenvalue weighted by atomic mass is 10.0. The van der Waals surface area contributed by atoms with Gasteiger partial charge in [-0.05, 0) is 61.1 Å². The van der Waals surface area contributed by atoms with E-state index < -0.39 is 0 Å². The molecular formula is C20H27NO. The minimum absolute atomic E-state index is 0.700. The van der Waals surface area contributed by atoms with Crippen molar-refractivity contribution in [1.29, 1.82) is 0 Å². The second kappa shape index (κ2) is 8.11. The van der Waals surface area contributed by atoms with Gasteiger partial charge in [-0.15, -0.1) is 0 Å². The molecule has 2 heteroatoms. The lowest BCUT2D eigenvalue weighted by Crippen LogP contribution is -2.14. The highest BCUT2D eigenvalue weighted by molar-refractivity contribution is 5.36. The van der Waals surface area contributed by atoms with Crippen LogP contribution < -0.4 is 5.32 Å². The highest BCUT2D eigenvalue weighted by Crippen LogP contribution is 2.15. The average Bonchev–Trinajstić information content (AvgIpc) is 2.51. The number of hydrogen-bond acceptors (Lipinski definition) is 2. The van der Waals surface area contributed by atoms with Gasteiger partial charge >= 0.3 is 0 Å². The van der Waals surface area contributed by atoms with Gasteiger partial charge in [0.1, 0.15) is 0 Å². The zero-order chi connectivity index (χ0) is 15.9. The first-order valence-electron chi connectivity index (χ1n) is 8.03. The molecule has 118 valence electrons. The Labute approximate surface area is 134 Å². The Morgan fingerprint density at radius 2 is 1.45 bits per heavy atom. The van der Waals surface area contributed by atoms with Gasteiger partial charge in [0.2, 0.25) is 0 Å². The summed E-state index contributed by atoms with van der Waals surface area (Å²) >= 11 is 0. The van der Waals surface area contributed by atoms with Gasteiger partial charge in [0.15, 0.2) is 0 Å². The van der Waals surface area contributed by atoms with E-state index in [4.69, 9.17) is 4.74 Å². The van der Waals surface area contributed by atoms with E-state index in [1.165, 1.54) is 33.4 Å². The molecule has 0 spiro atoms.